The molecule has 3 rings (SSSR count). The molecule has 0 aliphatic heterocycles. The summed E-state index contributed by atoms with van der Waals surface area (Å²) in [5, 5.41) is 21.8. The molecule has 5 nitrogen and oxygen atoms in total. The highest BCUT2D eigenvalue weighted by molar-refractivity contribution is 7.08. The Morgan fingerprint density at radius 2 is 2.04 bits per heavy atom. The van der Waals surface area contributed by atoms with Gasteiger partial charge in [0.2, 0.25) is 0 Å². The number of thiophene rings is 1. The number of anilines is 1. The molecule has 0 fully saturated rings. The summed E-state index contributed by atoms with van der Waals surface area (Å²) in [7, 11) is 0. The minimum atomic E-state index is -1.04. The van der Waals surface area contributed by atoms with Crippen LogP contribution in [0.5, 0.6) is 0 Å². The molecule has 0 amide bonds. The summed E-state index contributed by atoms with van der Waals surface area (Å²) >= 11 is 19.5. The molecule has 1 atom stereocenters. The molecule has 0 saturated carbocycles. The zero-order valence-corrected chi connectivity index (χ0v) is 16.6. The van der Waals surface area contributed by atoms with Crippen LogP contribution >= 0.6 is 46.1 Å². The molecule has 1 aromatic carbocycles. The molecular weight excluding hydrogens is 417 g/mol. The Bertz CT molecular complexity index is 987. The van der Waals surface area contributed by atoms with E-state index in [2.05, 4.69) is 10.4 Å². The van der Waals surface area contributed by atoms with Crippen molar-refractivity contribution < 1.29 is 5.11 Å². The zero-order chi connectivity index (χ0) is 18.9. The summed E-state index contributed by atoms with van der Waals surface area (Å²) in [6.45, 7) is 2.00. The molecule has 0 saturated heterocycles. The molecule has 0 bridgehead atoms. The summed E-state index contributed by atoms with van der Waals surface area (Å²) in [4.78, 5) is 12.2. The molecule has 136 valence electrons. The Kier molecular flexibility index (Phi) is 5.60. The van der Waals surface area contributed by atoms with Crippen LogP contribution in [0.1, 0.15) is 12.5 Å². The van der Waals surface area contributed by atoms with Gasteiger partial charge in [0.1, 0.15) is 10.6 Å². The van der Waals surface area contributed by atoms with Crippen molar-refractivity contribution in [1.82, 2.24) is 9.78 Å². The van der Waals surface area contributed by atoms with Crippen LogP contribution in [0, 0.1) is 0 Å². The fraction of sp³-hybridized carbons (Fsp3) is 0.176. The first-order chi connectivity index (χ1) is 12.3. The van der Waals surface area contributed by atoms with Gasteiger partial charge >= 0.3 is 0 Å². The van der Waals surface area contributed by atoms with E-state index < -0.39 is 11.2 Å². The van der Waals surface area contributed by atoms with Gasteiger partial charge in [0.05, 0.1) is 27.6 Å². The first-order valence-electron chi connectivity index (χ1n) is 7.52. The van der Waals surface area contributed by atoms with Gasteiger partial charge < -0.3 is 10.4 Å². The number of halogens is 3. The van der Waals surface area contributed by atoms with Crippen LogP contribution in [0.15, 0.2) is 46.0 Å². The van der Waals surface area contributed by atoms with Gasteiger partial charge in [-0.15, -0.1) is 0 Å². The van der Waals surface area contributed by atoms with E-state index in [1.165, 1.54) is 17.5 Å². The smallest absolute Gasteiger partial charge is 0.291 e. The van der Waals surface area contributed by atoms with E-state index in [4.69, 9.17) is 34.8 Å². The Morgan fingerprint density at radius 3 is 2.69 bits per heavy atom. The topological polar surface area (TPSA) is 67.2 Å². The van der Waals surface area contributed by atoms with E-state index in [9.17, 15) is 9.90 Å². The largest absolute Gasteiger partial charge is 0.384 e. The molecule has 2 heterocycles. The predicted octanol–water partition coefficient (Wildman–Crippen LogP) is 4.57. The minimum absolute atomic E-state index is 0.0907. The molecule has 9 heteroatoms. The second kappa shape index (κ2) is 7.58. The van der Waals surface area contributed by atoms with Gasteiger partial charge in [-0.1, -0.05) is 34.8 Å². The predicted molar refractivity (Wildman–Crippen MR) is 107 cm³/mol. The normalized spacial score (nSPS) is 13.4. The number of hydrogen-bond donors (Lipinski definition) is 2. The Morgan fingerprint density at radius 1 is 1.27 bits per heavy atom. The number of aromatic nitrogens is 2. The molecule has 1 unspecified atom stereocenters. The summed E-state index contributed by atoms with van der Waals surface area (Å²) < 4.78 is 1.12. The molecule has 0 aliphatic carbocycles. The van der Waals surface area contributed by atoms with E-state index in [-0.39, 0.29) is 16.6 Å². The van der Waals surface area contributed by atoms with Gasteiger partial charge in [-0.3, -0.25) is 4.79 Å². The van der Waals surface area contributed by atoms with Crippen molar-refractivity contribution >= 4 is 51.8 Å². The van der Waals surface area contributed by atoms with Gasteiger partial charge in [-0.25, -0.2) is 0 Å². The number of hydrogen-bond acceptors (Lipinski definition) is 5. The van der Waals surface area contributed by atoms with Crippen molar-refractivity contribution in [2.24, 2.45) is 0 Å². The van der Waals surface area contributed by atoms with Crippen molar-refractivity contribution in [2.75, 3.05) is 11.9 Å². The standard InChI is InChI=1S/C17H14Cl3N3O2S/c1-17(25,10-4-5-26-8-10)9-21-14-3-2-11(6-12(14)18)23-16(24)15(20)13(19)7-22-23/h2-8,21,25H,9H2,1H3. The van der Waals surface area contributed by atoms with Crippen LogP contribution in [-0.4, -0.2) is 21.4 Å². The summed E-state index contributed by atoms with van der Waals surface area (Å²) in [5.74, 6) is 0. The average molecular weight is 431 g/mol. The lowest BCUT2D eigenvalue weighted by atomic mass is 9.99. The van der Waals surface area contributed by atoms with Crippen molar-refractivity contribution in [3.05, 3.63) is 72.2 Å². The van der Waals surface area contributed by atoms with E-state index in [1.54, 1.807) is 25.1 Å². The molecule has 2 aromatic heterocycles. The van der Waals surface area contributed by atoms with E-state index in [1.807, 2.05) is 16.8 Å². The number of nitrogens with one attached hydrogen (secondary N) is 1. The first-order valence-corrected chi connectivity index (χ1v) is 9.59. The SMILES string of the molecule is CC(O)(CNc1ccc(-n2ncc(Cl)c(Cl)c2=O)cc1Cl)c1ccsc1. The highest BCUT2D eigenvalue weighted by Gasteiger charge is 2.23. The lowest BCUT2D eigenvalue weighted by Gasteiger charge is -2.24. The molecule has 0 spiro atoms. The average Bonchev–Trinajstić information content (AvgIpc) is 3.14. The molecule has 0 radical (unpaired) electrons. The van der Waals surface area contributed by atoms with Crippen LogP contribution in [0.3, 0.4) is 0 Å². The lowest BCUT2D eigenvalue weighted by Crippen LogP contribution is -2.30. The number of benzene rings is 1. The van der Waals surface area contributed by atoms with Crippen molar-refractivity contribution in [3.63, 3.8) is 0 Å². The quantitative estimate of drug-likeness (QED) is 0.622. The van der Waals surface area contributed by atoms with Gasteiger partial charge in [0, 0.05) is 6.54 Å². The highest BCUT2D eigenvalue weighted by Crippen LogP contribution is 2.28. The summed E-state index contributed by atoms with van der Waals surface area (Å²) in [6, 6.07) is 6.84. The van der Waals surface area contributed by atoms with Crippen molar-refractivity contribution in [1.29, 1.82) is 0 Å². The molecule has 3 aromatic rings. The first kappa shape index (κ1) is 19.2. The third-order valence-electron chi connectivity index (χ3n) is 3.84. The second-order valence-corrected chi connectivity index (χ2v) is 7.80. The van der Waals surface area contributed by atoms with Crippen LogP contribution in [0.4, 0.5) is 5.69 Å². The molecule has 2 N–H and O–H groups in total. The lowest BCUT2D eigenvalue weighted by molar-refractivity contribution is 0.0720. The Labute approximate surface area is 168 Å². The van der Waals surface area contributed by atoms with Crippen LogP contribution < -0.4 is 10.9 Å². The fourth-order valence-electron chi connectivity index (χ4n) is 2.32. The maximum Gasteiger partial charge on any atom is 0.291 e. The molecule has 26 heavy (non-hydrogen) atoms. The van der Waals surface area contributed by atoms with E-state index >= 15 is 0 Å². The van der Waals surface area contributed by atoms with Gasteiger partial charge in [-0.2, -0.15) is 21.1 Å². The van der Waals surface area contributed by atoms with Crippen molar-refractivity contribution in [2.45, 2.75) is 12.5 Å². The fourth-order valence-corrected chi connectivity index (χ4v) is 3.59. The molecular formula is C17H14Cl3N3O2S. The van der Waals surface area contributed by atoms with E-state index in [0.717, 1.165) is 10.2 Å². The minimum Gasteiger partial charge on any atom is -0.384 e. The van der Waals surface area contributed by atoms with Crippen LogP contribution in [-0.2, 0) is 5.60 Å². The van der Waals surface area contributed by atoms with Gasteiger partial charge in [0.25, 0.3) is 5.56 Å². The van der Waals surface area contributed by atoms with E-state index in [0.29, 0.717) is 16.4 Å². The van der Waals surface area contributed by atoms with Gasteiger partial charge in [0.15, 0.2) is 0 Å². The number of aliphatic hydroxyl groups is 1. The van der Waals surface area contributed by atoms with Crippen LogP contribution in [0.25, 0.3) is 5.69 Å². The van der Waals surface area contributed by atoms with Gasteiger partial charge in [-0.05, 0) is 47.5 Å². The second-order valence-electron chi connectivity index (χ2n) is 5.83. The van der Waals surface area contributed by atoms with Crippen LogP contribution in [0.2, 0.25) is 15.1 Å². The third kappa shape index (κ3) is 3.89. The third-order valence-corrected chi connectivity index (χ3v) is 5.58. The highest BCUT2D eigenvalue weighted by atomic mass is 35.5. The zero-order valence-electron chi connectivity index (χ0n) is 13.5. The number of nitrogens with zero attached hydrogens (tertiary/aromatic N) is 2. The summed E-state index contributed by atoms with van der Waals surface area (Å²) in [6.07, 6.45) is 1.30. The van der Waals surface area contributed by atoms with Crippen molar-refractivity contribution in [3.8, 4) is 5.69 Å². The molecule has 0 aliphatic rings. The maximum atomic E-state index is 12.2. The monoisotopic (exact) mass is 429 g/mol. The maximum absolute atomic E-state index is 12.2. The Balaban J connectivity index is 1.83. The number of rotatable bonds is 5. The Hall–Kier alpha value is -1.57. The summed E-state index contributed by atoms with van der Waals surface area (Å²) in [5.41, 5.74) is 0.336.